The van der Waals surface area contributed by atoms with Crippen LogP contribution in [0.4, 0.5) is 0 Å². The number of nitrogens with one attached hydrogen (secondary N) is 9. The van der Waals surface area contributed by atoms with Crippen LogP contribution in [-0.2, 0) is 56.0 Å². The number of aliphatic hydroxyl groups is 1. The molecule has 0 radical (unpaired) electrons. The lowest BCUT2D eigenvalue weighted by Gasteiger charge is -2.30. The number of carbonyl (C=O) groups is 9. The quantitative estimate of drug-likeness (QED) is 0.0226. The number of imidazole rings is 1. The van der Waals surface area contributed by atoms with Crippen molar-refractivity contribution in [2.45, 2.75) is 114 Å². The Balaban J connectivity index is 1.45. The predicted molar refractivity (Wildman–Crippen MR) is 251 cm³/mol. The highest BCUT2D eigenvalue weighted by Gasteiger charge is 2.39. The standard InChI is InChI=1S/C44H67N15O11/c1-24(2)16-30(39(66)55-29(7-4-14-50-44(46)47)43(70)59-15-5-8-34(59)42(69)51-20-35(45)62)54-36(63)21-52-37(64)31(17-25-9-11-27(61)12-10-25)56-41(68)33(22-60)58-40(67)32(18-26-19-48-23-53-26)57-38(65)28-6-3-13-49-28/h9-12,19,23-24,28-34,49,60-61H,3-8,13-18,20-22H2,1-2H3,(H2,45,62)(H,48,53)(H,51,69)(H,52,64)(H,54,63)(H,55,66)(H,56,68)(H,57,65)(H,58,67)(H4,46,47,50)/t28-,29-,30-,31-,32-,33-,34-/m0/s1. The van der Waals surface area contributed by atoms with Crippen LogP contribution in [0.3, 0.4) is 0 Å². The van der Waals surface area contributed by atoms with Crippen LogP contribution in [0.2, 0.25) is 0 Å². The van der Waals surface area contributed by atoms with Gasteiger partial charge in [-0.2, -0.15) is 0 Å². The van der Waals surface area contributed by atoms with Gasteiger partial charge in [-0.3, -0.25) is 48.1 Å². The van der Waals surface area contributed by atoms with Gasteiger partial charge in [0.05, 0.1) is 32.1 Å². The fraction of sp³-hybridized carbons (Fsp3) is 0.568. The van der Waals surface area contributed by atoms with E-state index in [4.69, 9.17) is 17.2 Å². The third-order valence-electron chi connectivity index (χ3n) is 11.4. The number of hydrogen-bond acceptors (Lipinski definition) is 14. The third-order valence-corrected chi connectivity index (χ3v) is 11.4. The number of benzene rings is 1. The van der Waals surface area contributed by atoms with E-state index in [1.165, 1.54) is 41.7 Å². The number of nitrogens with zero attached hydrogens (tertiary/aromatic N) is 3. The van der Waals surface area contributed by atoms with E-state index in [2.05, 4.69) is 57.5 Å². The predicted octanol–water partition coefficient (Wildman–Crippen LogP) is -5.12. The molecule has 4 rings (SSSR count). The molecule has 17 N–H and O–H groups in total. The van der Waals surface area contributed by atoms with Gasteiger partial charge in [0.15, 0.2) is 5.96 Å². The first-order valence-electron chi connectivity index (χ1n) is 23.1. The molecule has 0 spiro atoms. The average molecular weight is 982 g/mol. The Morgan fingerprint density at radius 3 is 2.09 bits per heavy atom. The molecule has 2 fully saturated rings. The van der Waals surface area contributed by atoms with Gasteiger partial charge < -0.3 is 79.8 Å². The van der Waals surface area contributed by atoms with E-state index in [1.54, 1.807) is 13.8 Å². The molecule has 9 amide bonds. The lowest BCUT2D eigenvalue weighted by molar-refractivity contribution is -0.142. The number of phenolic OH excluding ortho intramolecular Hbond substituents is 1. The summed E-state index contributed by atoms with van der Waals surface area (Å²) in [6.07, 6.45) is 5.13. The SMILES string of the molecule is CC(C)C[C@H](NC(=O)CNC(=O)[C@H](Cc1ccc(O)cc1)NC(=O)[C@H](CO)NC(=O)[C@H](Cc1cnc[nH]1)NC(=O)[C@@H]1CCCN1)C(=O)N[C@@H](CCCN=C(N)N)C(=O)N1CCC[C@H]1C(=O)NCC(N)=O. The van der Waals surface area contributed by atoms with Crippen LogP contribution in [-0.4, -0.2) is 166 Å². The van der Waals surface area contributed by atoms with Gasteiger partial charge in [0.1, 0.15) is 42.0 Å². The molecule has 1 aromatic heterocycles. The van der Waals surface area contributed by atoms with E-state index >= 15 is 0 Å². The molecule has 0 saturated carbocycles. The fourth-order valence-electron chi connectivity index (χ4n) is 7.89. The van der Waals surface area contributed by atoms with Crippen LogP contribution in [0.1, 0.15) is 70.1 Å². The Morgan fingerprint density at radius 2 is 1.46 bits per heavy atom. The molecule has 0 aliphatic carbocycles. The molecule has 3 heterocycles. The van der Waals surface area contributed by atoms with Crippen molar-refractivity contribution in [3.05, 3.63) is 48.0 Å². The number of phenols is 1. The zero-order chi connectivity index (χ0) is 51.3. The van der Waals surface area contributed by atoms with Crippen molar-refractivity contribution in [3.8, 4) is 5.75 Å². The first-order chi connectivity index (χ1) is 33.3. The molecule has 2 aliphatic heterocycles. The second-order valence-corrected chi connectivity index (χ2v) is 17.5. The van der Waals surface area contributed by atoms with E-state index in [9.17, 15) is 53.4 Å². The van der Waals surface area contributed by atoms with Gasteiger partial charge >= 0.3 is 0 Å². The van der Waals surface area contributed by atoms with Gasteiger partial charge in [0.25, 0.3) is 0 Å². The van der Waals surface area contributed by atoms with Crippen molar-refractivity contribution in [1.82, 2.24) is 57.4 Å². The number of aliphatic hydroxyl groups excluding tert-OH is 1. The van der Waals surface area contributed by atoms with Crippen molar-refractivity contribution in [2.75, 3.05) is 39.3 Å². The number of guanidine groups is 1. The van der Waals surface area contributed by atoms with Gasteiger partial charge in [-0.1, -0.05) is 26.0 Å². The van der Waals surface area contributed by atoms with Gasteiger partial charge in [-0.15, -0.1) is 0 Å². The number of hydrogen-bond donors (Lipinski definition) is 14. The molecule has 2 aromatic rings. The minimum absolute atomic E-state index is 0.0307. The summed E-state index contributed by atoms with van der Waals surface area (Å²) in [6.45, 7) is 2.50. The van der Waals surface area contributed by atoms with E-state index in [1.807, 2.05) is 0 Å². The van der Waals surface area contributed by atoms with Gasteiger partial charge in [0, 0.05) is 37.8 Å². The average Bonchev–Trinajstić information content (AvgIpc) is 4.14. The molecule has 7 atom stereocenters. The number of carbonyl (C=O) groups excluding carboxylic acids is 9. The molecule has 26 nitrogen and oxygen atoms in total. The molecular formula is C44H67N15O11. The van der Waals surface area contributed by atoms with E-state index in [0.717, 1.165) is 6.42 Å². The number of aliphatic imine (C=N–C) groups is 1. The Morgan fingerprint density at radius 1 is 0.786 bits per heavy atom. The summed E-state index contributed by atoms with van der Waals surface area (Å²) in [5.41, 5.74) is 17.1. The second-order valence-electron chi connectivity index (χ2n) is 17.5. The Hall–Kier alpha value is -7.35. The van der Waals surface area contributed by atoms with Crippen molar-refractivity contribution in [3.63, 3.8) is 0 Å². The van der Waals surface area contributed by atoms with Crippen LogP contribution in [0.25, 0.3) is 0 Å². The highest BCUT2D eigenvalue weighted by Crippen LogP contribution is 2.20. The number of amides is 9. The summed E-state index contributed by atoms with van der Waals surface area (Å²) in [7, 11) is 0. The van der Waals surface area contributed by atoms with Crippen molar-refractivity contribution in [2.24, 2.45) is 28.1 Å². The molecule has 0 unspecified atom stereocenters. The molecule has 70 heavy (non-hydrogen) atoms. The number of nitrogens with two attached hydrogens (primary N) is 3. The lowest BCUT2D eigenvalue weighted by Crippen LogP contribution is -2.60. The number of aromatic amines is 1. The van der Waals surface area contributed by atoms with Gasteiger partial charge in [0.2, 0.25) is 53.2 Å². The number of aromatic hydroxyl groups is 1. The third kappa shape index (κ3) is 17.9. The molecule has 2 saturated heterocycles. The number of primary amides is 1. The van der Waals surface area contributed by atoms with E-state index in [-0.39, 0.29) is 62.8 Å². The summed E-state index contributed by atoms with van der Waals surface area (Å²) >= 11 is 0. The number of H-pyrrole nitrogens is 1. The van der Waals surface area contributed by atoms with Gasteiger partial charge in [-0.05, 0) is 75.1 Å². The monoisotopic (exact) mass is 982 g/mol. The maximum absolute atomic E-state index is 14.0. The first-order valence-corrected chi connectivity index (χ1v) is 23.1. The Bertz CT molecular complexity index is 2150. The number of aromatic nitrogens is 2. The molecule has 384 valence electrons. The normalized spacial score (nSPS) is 17.5. The van der Waals surface area contributed by atoms with E-state index < -0.39 is 115 Å². The van der Waals surface area contributed by atoms with Crippen molar-refractivity contribution < 1.29 is 53.4 Å². The van der Waals surface area contributed by atoms with Crippen LogP contribution >= 0.6 is 0 Å². The highest BCUT2D eigenvalue weighted by molar-refractivity contribution is 5.97. The number of likely N-dealkylation sites (tertiary alicyclic amines) is 1. The molecule has 2 aliphatic rings. The zero-order valence-electron chi connectivity index (χ0n) is 39.3. The zero-order valence-corrected chi connectivity index (χ0v) is 39.3. The maximum Gasteiger partial charge on any atom is 0.245 e. The smallest absolute Gasteiger partial charge is 0.245 e. The molecule has 26 heteroatoms. The van der Waals surface area contributed by atoms with Crippen molar-refractivity contribution in [1.29, 1.82) is 0 Å². The maximum atomic E-state index is 14.0. The molecule has 1 aromatic carbocycles. The summed E-state index contributed by atoms with van der Waals surface area (Å²) in [5, 5.41) is 41.1. The summed E-state index contributed by atoms with van der Waals surface area (Å²) in [6, 6.07) is -2.36. The first kappa shape index (κ1) is 55.2. The second kappa shape index (κ2) is 27.6. The fourth-order valence-corrected chi connectivity index (χ4v) is 7.89. The molecule has 0 bridgehead atoms. The minimum atomic E-state index is -1.61. The van der Waals surface area contributed by atoms with Crippen molar-refractivity contribution >= 4 is 59.1 Å². The van der Waals surface area contributed by atoms with Crippen LogP contribution in [0.15, 0.2) is 41.8 Å². The lowest BCUT2D eigenvalue weighted by atomic mass is 10.0. The van der Waals surface area contributed by atoms with Gasteiger partial charge in [-0.25, -0.2) is 4.98 Å². The van der Waals surface area contributed by atoms with Crippen LogP contribution in [0.5, 0.6) is 5.75 Å². The van der Waals surface area contributed by atoms with Crippen LogP contribution < -0.4 is 59.7 Å². The summed E-state index contributed by atoms with van der Waals surface area (Å²) in [5.74, 6) is -6.99. The van der Waals surface area contributed by atoms with E-state index in [0.29, 0.717) is 37.1 Å². The highest BCUT2D eigenvalue weighted by atomic mass is 16.3. The molecular weight excluding hydrogens is 915 g/mol. The minimum Gasteiger partial charge on any atom is -0.508 e. The Kier molecular flexibility index (Phi) is 21.8. The summed E-state index contributed by atoms with van der Waals surface area (Å²) < 4.78 is 0. The largest absolute Gasteiger partial charge is 0.508 e. The number of rotatable bonds is 27. The Labute approximate surface area is 404 Å². The summed E-state index contributed by atoms with van der Waals surface area (Å²) in [4.78, 5) is 132. The van der Waals surface area contributed by atoms with Crippen LogP contribution in [0, 0.1) is 5.92 Å². The topological polar surface area (TPSA) is 413 Å².